The first kappa shape index (κ1) is 21.6. The highest BCUT2D eigenvalue weighted by molar-refractivity contribution is 6.03. The number of anilines is 1. The van der Waals surface area contributed by atoms with E-state index >= 15 is 0 Å². The molecule has 0 aliphatic rings. The maximum absolute atomic E-state index is 12.9. The lowest BCUT2D eigenvalue weighted by molar-refractivity contribution is -0.141. The molecule has 3 aromatic rings. The number of nitrogens with one attached hydrogen (secondary N) is 1. The smallest absolute Gasteiger partial charge is 0.433 e. The molecule has 0 saturated carbocycles. The molecule has 3 heterocycles. The molecule has 0 bridgehead atoms. The molecule has 0 aromatic carbocycles. The normalized spacial score (nSPS) is 11.8. The summed E-state index contributed by atoms with van der Waals surface area (Å²) < 4.78 is 46.2. The minimum atomic E-state index is -4.64. The van der Waals surface area contributed by atoms with Crippen molar-refractivity contribution in [2.24, 2.45) is 5.73 Å². The molecule has 0 aliphatic carbocycles. The first-order chi connectivity index (χ1) is 14.2. The summed E-state index contributed by atoms with van der Waals surface area (Å²) in [6, 6.07) is 4.83. The molecule has 0 atom stereocenters. The van der Waals surface area contributed by atoms with Gasteiger partial charge in [0.25, 0.3) is 5.91 Å². The minimum Gasteiger partial charge on any atom is -0.489 e. The van der Waals surface area contributed by atoms with Gasteiger partial charge in [-0.25, -0.2) is 9.97 Å². The third-order valence-electron chi connectivity index (χ3n) is 4.12. The lowest BCUT2D eigenvalue weighted by atomic mass is 10.2. The number of carbonyl (C=O) groups is 1. The third kappa shape index (κ3) is 5.07. The highest BCUT2D eigenvalue weighted by Gasteiger charge is 2.33. The summed E-state index contributed by atoms with van der Waals surface area (Å²) in [6.45, 7) is 4.19. The average Bonchev–Trinajstić information content (AvgIpc) is 3.07. The van der Waals surface area contributed by atoms with Crippen LogP contribution in [-0.4, -0.2) is 32.9 Å². The summed E-state index contributed by atoms with van der Waals surface area (Å²) in [7, 11) is 0. The van der Waals surface area contributed by atoms with Gasteiger partial charge >= 0.3 is 6.18 Å². The van der Waals surface area contributed by atoms with Crippen molar-refractivity contribution in [3.05, 3.63) is 53.7 Å². The largest absolute Gasteiger partial charge is 0.489 e. The van der Waals surface area contributed by atoms with E-state index in [0.717, 1.165) is 24.2 Å². The van der Waals surface area contributed by atoms with Crippen LogP contribution in [-0.2, 0) is 12.6 Å². The standard InChI is InChI=1S/C20H22F3N5O2/c1-12(2)30-16-9-18-25-13(5-4-8-24)10-28(18)11-15(16)27-19(29)14-6-3-7-17(26-14)20(21,22)23/h3,6-7,9-12H,4-5,8,24H2,1-2H3,(H,27,29). The van der Waals surface area contributed by atoms with Crippen LogP contribution in [0.1, 0.15) is 42.1 Å². The second-order valence-corrected chi connectivity index (χ2v) is 6.97. The van der Waals surface area contributed by atoms with Crippen LogP contribution in [0.2, 0.25) is 0 Å². The lowest BCUT2D eigenvalue weighted by Crippen LogP contribution is -2.18. The zero-order chi connectivity index (χ0) is 21.9. The van der Waals surface area contributed by atoms with E-state index in [1.54, 1.807) is 16.7 Å². The SMILES string of the molecule is CC(C)Oc1cc2nc(CCCN)cn2cc1NC(=O)c1cccc(C(F)(F)F)n1. The number of nitrogens with two attached hydrogens (primary N) is 1. The van der Waals surface area contributed by atoms with E-state index < -0.39 is 17.8 Å². The maximum Gasteiger partial charge on any atom is 0.433 e. The van der Waals surface area contributed by atoms with Gasteiger partial charge in [-0.2, -0.15) is 13.2 Å². The molecular formula is C20H22F3N5O2. The van der Waals surface area contributed by atoms with E-state index in [9.17, 15) is 18.0 Å². The molecule has 0 fully saturated rings. The molecule has 0 unspecified atom stereocenters. The summed E-state index contributed by atoms with van der Waals surface area (Å²) in [4.78, 5) is 20.5. The van der Waals surface area contributed by atoms with Crippen LogP contribution in [0.25, 0.3) is 5.65 Å². The topological polar surface area (TPSA) is 94.5 Å². The molecule has 30 heavy (non-hydrogen) atoms. The van der Waals surface area contributed by atoms with Gasteiger partial charge in [0.05, 0.1) is 11.8 Å². The van der Waals surface area contributed by atoms with E-state index in [2.05, 4.69) is 15.3 Å². The number of carbonyl (C=O) groups excluding carboxylic acids is 1. The van der Waals surface area contributed by atoms with Crippen LogP contribution in [0, 0.1) is 0 Å². The van der Waals surface area contributed by atoms with Crippen molar-refractivity contribution in [3.63, 3.8) is 0 Å². The van der Waals surface area contributed by atoms with Crippen LogP contribution in [0.4, 0.5) is 18.9 Å². The number of amides is 1. The Morgan fingerprint density at radius 3 is 2.70 bits per heavy atom. The molecule has 0 saturated heterocycles. The van der Waals surface area contributed by atoms with Crippen LogP contribution in [0.15, 0.2) is 36.7 Å². The number of nitrogens with zero attached hydrogens (tertiary/aromatic N) is 3. The summed E-state index contributed by atoms with van der Waals surface area (Å²) in [5, 5.41) is 2.59. The number of aromatic nitrogens is 3. The molecule has 1 amide bonds. The van der Waals surface area contributed by atoms with E-state index in [0.29, 0.717) is 30.0 Å². The number of pyridine rings is 2. The second kappa shape index (κ2) is 8.70. The average molecular weight is 421 g/mol. The Morgan fingerprint density at radius 1 is 1.27 bits per heavy atom. The predicted octanol–water partition coefficient (Wildman–Crippen LogP) is 3.68. The fourth-order valence-corrected chi connectivity index (χ4v) is 2.82. The third-order valence-corrected chi connectivity index (χ3v) is 4.12. The molecular weight excluding hydrogens is 399 g/mol. The molecule has 3 rings (SSSR count). The van der Waals surface area contributed by atoms with Gasteiger partial charge in [-0.3, -0.25) is 4.79 Å². The number of rotatable bonds is 7. The number of hydrogen-bond donors (Lipinski definition) is 2. The summed E-state index contributed by atoms with van der Waals surface area (Å²) in [6.07, 6.45) is 0.0669. The Morgan fingerprint density at radius 2 is 2.03 bits per heavy atom. The molecule has 0 spiro atoms. The van der Waals surface area contributed by atoms with Gasteiger partial charge < -0.3 is 20.2 Å². The van der Waals surface area contributed by atoms with Crippen molar-refractivity contribution in [3.8, 4) is 5.75 Å². The second-order valence-electron chi connectivity index (χ2n) is 6.97. The van der Waals surface area contributed by atoms with E-state index in [-0.39, 0.29) is 11.8 Å². The van der Waals surface area contributed by atoms with Crippen molar-refractivity contribution in [1.29, 1.82) is 0 Å². The van der Waals surface area contributed by atoms with Crippen LogP contribution < -0.4 is 15.8 Å². The summed E-state index contributed by atoms with van der Waals surface area (Å²) >= 11 is 0. The predicted molar refractivity (Wildman–Crippen MR) is 106 cm³/mol. The van der Waals surface area contributed by atoms with Crippen molar-refractivity contribution >= 4 is 17.2 Å². The van der Waals surface area contributed by atoms with Gasteiger partial charge in [0.1, 0.15) is 28.5 Å². The van der Waals surface area contributed by atoms with Gasteiger partial charge in [-0.15, -0.1) is 0 Å². The molecule has 3 aromatic heterocycles. The number of halogens is 3. The number of ether oxygens (including phenoxy) is 1. The monoisotopic (exact) mass is 421 g/mol. The highest BCUT2D eigenvalue weighted by Crippen LogP contribution is 2.29. The Bertz CT molecular complexity index is 1050. The molecule has 7 nitrogen and oxygen atoms in total. The van der Waals surface area contributed by atoms with Crippen molar-refractivity contribution in [1.82, 2.24) is 14.4 Å². The van der Waals surface area contributed by atoms with Gasteiger partial charge in [0.15, 0.2) is 0 Å². The van der Waals surface area contributed by atoms with Gasteiger partial charge in [-0.05, 0) is 45.4 Å². The number of hydrogen-bond acceptors (Lipinski definition) is 5. The highest BCUT2D eigenvalue weighted by atomic mass is 19.4. The van der Waals surface area contributed by atoms with Crippen molar-refractivity contribution < 1.29 is 22.7 Å². The van der Waals surface area contributed by atoms with E-state index in [1.807, 2.05) is 20.0 Å². The lowest BCUT2D eigenvalue weighted by Gasteiger charge is -2.15. The van der Waals surface area contributed by atoms with Crippen LogP contribution in [0.5, 0.6) is 5.75 Å². The van der Waals surface area contributed by atoms with Gasteiger partial charge in [0, 0.05) is 18.5 Å². The van der Waals surface area contributed by atoms with Gasteiger partial charge in [-0.1, -0.05) is 6.07 Å². The van der Waals surface area contributed by atoms with Crippen molar-refractivity contribution in [2.45, 2.75) is 39.0 Å². The van der Waals surface area contributed by atoms with E-state index in [4.69, 9.17) is 10.5 Å². The Kier molecular flexibility index (Phi) is 6.25. The van der Waals surface area contributed by atoms with Crippen LogP contribution in [0.3, 0.4) is 0 Å². The first-order valence-corrected chi connectivity index (χ1v) is 9.41. The van der Waals surface area contributed by atoms with Crippen molar-refractivity contribution in [2.75, 3.05) is 11.9 Å². The number of aryl methyl sites for hydroxylation is 1. The number of imidazole rings is 1. The molecule has 0 radical (unpaired) electrons. The molecule has 0 aliphatic heterocycles. The maximum atomic E-state index is 12.9. The fourth-order valence-electron chi connectivity index (χ4n) is 2.82. The molecule has 3 N–H and O–H groups in total. The van der Waals surface area contributed by atoms with E-state index in [1.165, 1.54) is 6.07 Å². The summed E-state index contributed by atoms with van der Waals surface area (Å²) in [5.74, 6) is -0.425. The molecule has 10 heteroatoms. The number of alkyl halides is 3. The Balaban J connectivity index is 1.94. The first-order valence-electron chi connectivity index (χ1n) is 9.41. The molecule has 160 valence electrons. The Hall–Kier alpha value is -3.14. The van der Waals surface area contributed by atoms with Crippen LogP contribution >= 0.6 is 0 Å². The minimum absolute atomic E-state index is 0.193. The summed E-state index contributed by atoms with van der Waals surface area (Å²) in [5.41, 5.74) is 5.80. The quantitative estimate of drug-likeness (QED) is 0.607. The zero-order valence-corrected chi connectivity index (χ0v) is 16.5. The van der Waals surface area contributed by atoms with Gasteiger partial charge in [0.2, 0.25) is 0 Å². The Labute approximate surface area is 171 Å². The zero-order valence-electron chi connectivity index (χ0n) is 16.5. The fraction of sp³-hybridized carbons (Fsp3) is 0.350. The number of fused-ring (bicyclic) bond motifs is 1.